The van der Waals surface area contributed by atoms with Gasteiger partial charge in [-0.25, -0.2) is 0 Å². The zero-order chi connectivity index (χ0) is 22.7. The van der Waals surface area contributed by atoms with Crippen LogP contribution in [0.4, 0.5) is 13.2 Å². The Morgan fingerprint density at radius 1 is 1.28 bits per heavy atom. The van der Waals surface area contributed by atoms with E-state index in [1.54, 1.807) is 7.11 Å². The highest BCUT2D eigenvalue weighted by Crippen LogP contribution is 2.33. The van der Waals surface area contributed by atoms with Gasteiger partial charge in [-0.15, -0.1) is 0 Å². The Balaban J connectivity index is 1.31. The Morgan fingerprint density at radius 2 is 2.12 bits per heavy atom. The van der Waals surface area contributed by atoms with E-state index < -0.39 is 11.7 Å². The van der Waals surface area contributed by atoms with Crippen molar-refractivity contribution >= 4 is 11.5 Å². The summed E-state index contributed by atoms with van der Waals surface area (Å²) in [7, 11) is 1.70. The normalized spacial score (nSPS) is 29.1. The van der Waals surface area contributed by atoms with Crippen LogP contribution < -0.4 is 5.32 Å². The van der Waals surface area contributed by atoms with Gasteiger partial charge in [0.2, 0.25) is 5.91 Å². The minimum Gasteiger partial charge on any atom is -0.379 e. The lowest BCUT2D eigenvalue weighted by atomic mass is 9.98. The molecular formula is C23H30F3N3O3. The highest BCUT2D eigenvalue weighted by molar-refractivity contribution is 5.81. The maximum atomic E-state index is 13.1. The van der Waals surface area contributed by atoms with E-state index in [4.69, 9.17) is 9.47 Å². The fraction of sp³-hybridized carbons (Fsp3) is 0.652. The first kappa shape index (κ1) is 23.2. The molecule has 176 valence electrons. The summed E-state index contributed by atoms with van der Waals surface area (Å²) >= 11 is 0. The molecule has 4 rings (SSSR count). The summed E-state index contributed by atoms with van der Waals surface area (Å²) in [6.45, 7) is 2.25. The molecule has 0 spiro atoms. The molecule has 3 heterocycles. The number of nitrogens with one attached hydrogen (secondary N) is 1. The van der Waals surface area contributed by atoms with Gasteiger partial charge in [0.15, 0.2) is 0 Å². The smallest absolute Gasteiger partial charge is 0.379 e. The quantitative estimate of drug-likeness (QED) is 0.742. The van der Waals surface area contributed by atoms with Gasteiger partial charge < -0.3 is 19.7 Å². The number of carbonyl (C=O) groups excluding carboxylic acids is 1. The maximum absolute atomic E-state index is 13.1. The van der Waals surface area contributed by atoms with E-state index in [0.717, 1.165) is 50.1 Å². The second-order valence-electron chi connectivity index (χ2n) is 8.84. The molecule has 1 amide bonds. The van der Waals surface area contributed by atoms with E-state index >= 15 is 0 Å². The molecule has 2 aliphatic heterocycles. The maximum Gasteiger partial charge on any atom is 0.417 e. The Hall–Kier alpha value is -1.97. The Bertz CT molecular complexity index is 845. The molecule has 1 aromatic heterocycles. The first-order valence-electron chi connectivity index (χ1n) is 11.2. The second-order valence-corrected chi connectivity index (χ2v) is 8.84. The molecule has 1 aliphatic carbocycles. The van der Waals surface area contributed by atoms with Crippen LogP contribution in [-0.4, -0.2) is 67.4 Å². The van der Waals surface area contributed by atoms with Gasteiger partial charge in [-0.05, 0) is 49.3 Å². The van der Waals surface area contributed by atoms with Crippen molar-refractivity contribution in [1.29, 1.82) is 0 Å². The van der Waals surface area contributed by atoms with Crippen LogP contribution in [0.15, 0.2) is 24.5 Å². The molecule has 6 nitrogen and oxygen atoms in total. The summed E-state index contributed by atoms with van der Waals surface area (Å²) in [4.78, 5) is 18.6. The van der Waals surface area contributed by atoms with Gasteiger partial charge in [-0.2, -0.15) is 13.2 Å². The van der Waals surface area contributed by atoms with E-state index in [2.05, 4.69) is 10.3 Å². The van der Waals surface area contributed by atoms with Crippen molar-refractivity contribution in [3.8, 4) is 0 Å². The average molecular weight is 454 g/mol. The minimum atomic E-state index is -4.42. The van der Waals surface area contributed by atoms with Gasteiger partial charge in [0.05, 0.1) is 18.3 Å². The third-order valence-corrected chi connectivity index (χ3v) is 6.80. The molecule has 1 saturated heterocycles. The second kappa shape index (κ2) is 9.89. The molecule has 2 unspecified atom stereocenters. The largest absolute Gasteiger partial charge is 0.417 e. The van der Waals surface area contributed by atoms with Gasteiger partial charge in [-0.1, -0.05) is 6.08 Å². The zero-order valence-corrected chi connectivity index (χ0v) is 18.2. The summed E-state index contributed by atoms with van der Waals surface area (Å²) in [6.07, 6.45) is 3.80. The summed E-state index contributed by atoms with van der Waals surface area (Å²) < 4.78 is 49.9. The third kappa shape index (κ3) is 5.32. The van der Waals surface area contributed by atoms with Gasteiger partial charge in [0.1, 0.15) is 0 Å². The Kier molecular flexibility index (Phi) is 7.17. The van der Waals surface area contributed by atoms with Crippen LogP contribution in [0.25, 0.3) is 5.57 Å². The lowest BCUT2D eigenvalue weighted by Crippen LogP contribution is -2.50. The predicted octanol–water partition coefficient (Wildman–Crippen LogP) is 3.28. The molecule has 9 heteroatoms. The SMILES string of the molecule is COC1COCCC1N[C@@H]1CC[C@H](C(=O)N2CC=C(c3cncc(C(F)(F)F)c3)CC2)C1. The molecule has 1 aromatic rings. The molecule has 3 aliphatic rings. The molecule has 0 bridgehead atoms. The van der Waals surface area contributed by atoms with Gasteiger partial charge >= 0.3 is 6.18 Å². The van der Waals surface area contributed by atoms with Crippen molar-refractivity contribution in [3.63, 3.8) is 0 Å². The fourth-order valence-electron chi connectivity index (χ4n) is 4.95. The minimum absolute atomic E-state index is 0.0153. The number of nitrogens with zero attached hydrogens (tertiary/aromatic N) is 2. The monoisotopic (exact) mass is 453 g/mol. The molecule has 1 saturated carbocycles. The molecule has 32 heavy (non-hydrogen) atoms. The highest BCUT2D eigenvalue weighted by Gasteiger charge is 2.36. The molecule has 0 radical (unpaired) electrons. The van der Waals surface area contributed by atoms with Gasteiger partial charge in [0, 0.05) is 57.2 Å². The summed E-state index contributed by atoms with van der Waals surface area (Å²) in [5.74, 6) is 0.126. The number of alkyl halides is 3. The number of carbonyl (C=O) groups is 1. The van der Waals surface area contributed by atoms with E-state index in [1.165, 1.54) is 6.20 Å². The van der Waals surface area contributed by atoms with Crippen LogP contribution >= 0.6 is 0 Å². The topological polar surface area (TPSA) is 63.7 Å². The number of methoxy groups -OCH3 is 1. The highest BCUT2D eigenvalue weighted by atomic mass is 19.4. The fourth-order valence-corrected chi connectivity index (χ4v) is 4.95. The number of ether oxygens (including phenoxy) is 2. The van der Waals surface area contributed by atoms with Crippen molar-refractivity contribution in [1.82, 2.24) is 15.2 Å². The van der Waals surface area contributed by atoms with Crippen LogP contribution in [0, 0.1) is 5.92 Å². The number of halogens is 3. The first-order valence-corrected chi connectivity index (χ1v) is 11.2. The predicted molar refractivity (Wildman–Crippen MR) is 113 cm³/mol. The summed E-state index contributed by atoms with van der Waals surface area (Å²) in [5, 5.41) is 3.67. The number of aromatic nitrogens is 1. The number of rotatable bonds is 5. The van der Waals surface area contributed by atoms with Crippen LogP contribution in [0.2, 0.25) is 0 Å². The zero-order valence-electron chi connectivity index (χ0n) is 18.2. The number of amides is 1. The summed E-state index contributed by atoms with van der Waals surface area (Å²) in [5.41, 5.74) is 0.532. The number of hydrogen-bond acceptors (Lipinski definition) is 5. The van der Waals surface area contributed by atoms with E-state index in [0.29, 0.717) is 31.7 Å². The van der Waals surface area contributed by atoms with Crippen LogP contribution in [0.5, 0.6) is 0 Å². The van der Waals surface area contributed by atoms with Gasteiger partial charge in [0.25, 0.3) is 0 Å². The number of pyridine rings is 1. The molecule has 4 atom stereocenters. The standard InChI is InChI=1S/C23H30F3N3O3/c1-31-21-14-32-9-6-20(21)28-19-3-2-16(11-19)22(30)29-7-4-15(5-8-29)17-10-18(13-27-12-17)23(24,25)26/h4,10,12-13,16,19-21,28H,2-3,5-9,11,14H2,1H3/t16-,19+,20?,21?/m0/s1. The summed E-state index contributed by atoms with van der Waals surface area (Å²) in [6, 6.07) is 1.67. The molecular weight excluding hydrogens is 423 g/mol. The third-order valence-electron chi connectivity index (χ3n) is 6.80. The lowest BCUT2D eigenvalue weighted by Gasteiger charge is -2.33. The Morgan fingerprint density at radius 3 is 2.84 bits per heavy atom. The molecule has 1 N–H and O–H groups in total. The average Bonchev–Trinajstić information content (AvgIpc) is 3.27. The molecule has 2 fully saturated rings. The van der Waals surface area contributed by atoms with Crippen molar-refractivity contribution in [3.05, 3.63) is 35.7 Å². The van der Waals surface area contributed by atoms with Crippen LogP contribution in [-0.2, 0) is 20.4 Å². The molecule has 0 aromatic carbocycles. The lowest BCUT2D eigenvalue weighted by molar-refractivity contribution is -0.138. The Labute approximate surface area is 186 Å². The van der Waals surface area contributed by atoms with Crippen molar-refractivity contribution < 1.29 is 27.4 Å². The van der Waals surface area contributed by atoms with Gasteiger partial charge in [-0.3, -0.25) is 9.78 Å². The van der Waals surface area contributed by atoms with Crippen molar-refractivity contribution in [2.45, 2.75) is 56.5 Å². The number of hydrogen-bond donors (Lipinski definition) is 1. The van der Waals surface area contributed by atoms with E-state index in [1.807, 2.05) is 11.0 Å². The van der Waals surface area contributed by atoms with E-state index in [-0.39, 0.29) is 30.0 Å². The van der Waals surface area contributed by atoms with Crippen LogP contribution in [0.3, 0.4) is 0 Å². The van der Waals surface area contributed by atoms with Crippen LogP contribution in [0.1, 0.15) is 43.2 Å². The van der Waals surface area contributed by atoms with Crippen molar-refractivity contribution in [2.24, 2.45) is 5.92 Å². The van der Waals surface area contributed by atoms with Crippen molar-refractivity contribution in [2.75, 3.05) is 33.4 Å². The first-order chi connectivity index (χ1) is 15.3. The van der Waals surface area contributed by atoms with E-state index in [9.17, 15) is 18.0 Å².